The summed E-state index contributed by atoms with van der Waals surface area (Å²) in [7, 11) is 3.59. The zero-order valence-corrected chi connectivity index (χ0v) is 13.0. The summed E-state index contributed by atoms with van der Waals surface area (Å²) in [5, 5.41) is 11.6. The summed E-state index contributed by atoms with van der Waals surface area (Å²) in [6, 6.07) is 0.264. The normalized spacial score (nSPS) is 15.4. The largest absolute Gasteiger partial charge is 0.480 e. The molecule has 2 amide bonds. The van der Waals surface area contributed by atoms with E-state index in [1.165, 1.54) is 37.7 Å². The number of nitrogens with zero attached hydrogens (tertiary/aromatic N) is 2. The first-order chi connectivity index (χ1) is 10.0. The summed E-state index contributed by atoms with van der Waals surface area (Å²) in [4.78, 5) is 26.2. The maximum absolute atomic E-state index is 12.0. The molecule has 1 rings (SSSR count). The zero-order chi connectivity index (χ0) is 15.7. The minimum Gasteiger partial charge on any atom is -0.480 e. The van der Waals surface area contributed by atoms with Gasteiger partial charge in [0, 0.05) is 32.8 Å². The molecule has 122 valence electrons. The molecule has 1 aliphatic rings. The van der Waals surface area contributed by atoms with Gasteiger partial charge in [-0.05, 0) is 19.9 Å². The van der Waals surface area contributed by atoms with Gasteiger partial charge in [-0.25, -0.2) is 4.79 Å². The number of carbonyl (C=O) groups is 2. The van der Waals surface area contributed by atoms with Gasteiger partial charge in [-0.2, -0.15) is 0 Å². The summed E-state index contributed by atoms with van der Waals surface area (Å²) >= 11 is 0. The Balaban J connectivity index is 2.29. The van der Waals surface area contributed by atoms with Crippen molar-refractivity contribution in [2.24, 2.45) is 0 Å². The van der Waals surface area contributed by atoms with E-state index in [0.717, 1.165) is 6.54 Å². The second-order valence-electron chi connectivity index (χ2n) is 5.46. The summed E-state index contributed by atoms with van der Waals surface area (Å²) in [6.45, 7) is 1.58. The highest BCUT2D eigenvalue weighted by Gasteiger charge is 2.20. The van der Waals surface area contributed by atoms with Crippen molar-refractivity contribution in [3.8, 4) is 0 Å². The second kappa shape index (κ2) is 9.57. The van der Waals surface area contributed by atoms with E-state index in [-0.39, 0.29) is 19.1 Å². The van der Waals surface area contributed by atoms with Gasteiger partial charge in [0.15, 0.2) is 0 Å². The van der Waals surface area contributed by atoms with Crippen molar-refractivity contribution >= 4 is 12.0 Å². The van der Waals surface area contributed by atoms with Crippen molar-refractivity contribution < 1.29 is 19.4 Å². The van der Waals surface area contributed by atoms with Crippen LogP contribution in [0.4, 0.5) is 4.79 Å². The van der Waals surface area contributed by atoms with E-state index in [0.29, 0.717) is 19.2 Å². The fourth-order valence-electron chi connectivity index (χ4n) is 2.60. The van der Waals surface area contributed by atoms with Crippen molar-refractivity contribution in [2.75, 3.05) is 46.9 Å². The number of hydrogen-bond donors (Lipinski definition) is 2. The van der Waals surface area contributed by atoms with Crippen LogP contribution in [-0.2, 0) is 9.53 Å². The van der Waals surface area contributed by atoms with Crippen LogP contribution in [0.1, 0.15) is 25.7 Å². The summed E-state index contributed by atoms with van der Waals surface area (Å²) in [6.07, 6.45) is 5.02. The molecule has 0 aliphatic heterocycles. The molecule has 1 aliphatic carbocycles. The molecule has 0 spiro atoms. The number of rotatable bonds is 9. The van der Waals surface area contributed by atoms with E-state index < -0.39 is 5.97 Å². The maximum Gasteiger partial charge on any atom is 0.323 e. The lowest BCUT2D eigenvalue weighted by molar-refractivity contribution is -0.137. The number of amides is 2. The Kier molecular flexibility index (Phi) is 8.07. The quantitative estimate of drug-likeness (QED) is 0.652. The van der Waals surface area contributed by atoms with Gasteiger partial charge in [-0.15, -0.1) is 0 Å². The molecule has 21 heavy (non-hydrogen) atoms. The van der Waals surface area contributed by atoms with E-state index in [2.05, 4.69) is 17.3 Å². The number of likely N-dealkylation sites (N-methyl/N-ethyl adjacent to an activating group) is 1. The summed E-state index contributed by atoms with van der Waals surface area (Å²) < 4.78 is 4.89. The number of ether oxygens (including phenoxy) is 1. The highest BCUT2D eigenvalue weighted by atomic mass is 16.5. The smallest absolute Gasteiger partial charge is 0.323 e. The van der Waals surface area contributed by atoms with E-state index in [4.69, 9.17) is 9.84 Å². The molecule has 0 saturated heterocycles. The van der Waals surface area contributed by atoms with Gasteiger partial charge >= 0.3 is 12.0 Å². The molecular weight excluding hydrogens is 274 g/mol. The number of urea groups is 1. The first-order valence-corrected chi connectivity index (χ1v) is 7.48. The molecular formula is C14H27N3O4. The standard InChI is InChI=1S/C14H27N3O4/c1-16(12-5-3-4-6-12)8-7-15-14(20)17(9-10-21-2)11-13(18)19/h12H,3-11H2,1-2H3,(H,15,20)(H,18,19). The molecule has 0 aromatic heterocycles. The van der Waals surface area contributed by atoms with Crippen LogP contribution in [0, 0.1) is 0 Å². The lowest BCUT2D eigenvalue weighted by Crippen LogP contribution is -2.46. The monoisotopic (exact) mass is 301 g/mol. The fourth-order valence-corrected chi connectivity index (χ4v) is 2.60. The summed E-state index contributed by atoms with van der Waals surface area (Å²) in [5.41, 5.74) is 0. The van der Waals surface area contributed by atoms with Crippen molar-refractivity contribution in [3.63, 3.8) is 0 Å². The number of aliphatic carboxylic acids is 1. The lowest BCUT2D eigenvalue weighted by Gasteiger charge is -2.25. The maximum atomic E-state index is 12.0. The third kappa shape index (κ3) is 6.77. The molecule has 0 atom stereocenters. The molecule has 0 aromatic carbocycles. The zero-order valence-electron chi connectivity index (χ0n) is 13.0. The first-order valence-electron chi connectivity index (χ1n) is 7.48. The third-order valence-electron chi connectivity index (χ3n) is 3.87. The van der Waals surface area contributed by atoms with Crippen LogP contribution in [0.25, 0.3) is 0 Å². The number of methoxy groups -OCH3 is 1. The van der Waals surface area contributed by atoms with Gasteiger partial charge in [0.2, 0.25) is 0 Å². The van der Waals surface area contributed by atoms with E-state index >= 15 is 0 Å². The molecule has 0 unspecified atom stereocenters. The van der Waals surface area contributed by atoms with Crippen LogP contribution in [-0.4, -0.2) is 79.9 Å². The van der Waals surface area contributed by atoms with E-state index in [1.807, 2.05) is 0 Å². The van der Waals surface area contributed by atoms with Crippen molar-refractivity contribution in [3.05, 3.63) is 0 Å². The molecule has 2 N–H and O–H groups in total. The molecule has 0 heterocycles. The third-order valence-corrected chi connectivity index (χ3v) is 3.87. The van der Waals surface area contributed by atoms with Crippen LogP contribution in [0.15, 0.2) is 0 Å². The van der Waals surface area contributed by atoms with Crippen molar-refractivity contribution in [2.45, 2.75) is 31.7 Å². The summed E-state index contributed by atoms with van der Waals surface area (Å²) in [5.74, 6) is -1.02. The number of carboxylic acids is 1. The van der Waals surface area contributed by atoms with Gasteiger partial charge in [-0.1, -0.05) is 12.8 Å². The molecule has 1 fully saturated rings. The van der Waals surface area contributed by atoms with Crippen molar-refractivity contribution in [1.29, 1.82) is 0 Å². The first kappa shape index (κ1) is 17.7. The van der Waals surface area contributed by atoms with Gasteiger partial charge in [0.05, 0.1) is 6.61 Å². The Hall–Kier alpha value is -1.34. The average Bonchev–Trinajstić information content (AvgIpc) is 2.96. The molecule has 7 nitrogen and oxygen atoms in total. The average molecular weight is 301 g/mol. The van der Waals surface area contributed by atoms with Crippen LogP contribution in [0.2, 0.25) is 0 Å². The SMILES string of the molecule is COCCN(CC(=O)O)C(=O)NCCN(C)C1CCCC1. The van der Waals surface area contributed by atoms with Crippen LogP contribution in [0.5, 0.6) is 0 Å². The lowest BCUT2D eigenvalue weighted by atomic mass is 10.2. The topological polar surface area (TPSA) is 82.1 Å². The van der Waals surface area contributed by atoms with Crippen LogP contribution < -0.4 is 5.32 Å². The van der Waals surface area contributed by atoms with Gasteiger partial charge in [0.25, 0.3) is 0 Å². The van der Waals surface area contributed by atoms with Gasteiger partial charge in [0.1, 0.15) is 6.54 Å². The Morgan fingerprint density at radius 1 is 1.29 bits per heavy atom. The number of carbonyl (C=O) groups excluding carboxylic acids is 1. The molecule has 0 radical (unpaired) electrons. The Bertz CT molecular complexity index is 332. The van der Waals surface area contributed by atoms with Crippen LogP contribution >= 0.6 is 0 Å². The Labute approximate surface area is 126 Å². The highest BCUT2D eigenvalue weighted by Crippen LogP contribution is 2.21. The van der Waals surface area contributed by atoms with Crippen molar-refractivity contribution in [1.82, 2.24) is 15.1 Å². The van der Waals surface area contributed by atoms with E-state index in [1.54, 1.807) is 0 Å². The highest BCUT2D eigenvalue weighted by molar-refractivity contribution is 5.80. The number of hydrogen-bond acceptors (Lipinski definition) is 4. The Morgan fingerprint density at radius 2 is 1.95 bits per heavy atom. The number of carboxylic acid groups (broad SMARTS) is 1. The molecule has 7 heteroatoms. The molecule has 0 bridgehead atoms. The van der Waals surface area contributed by atoms with Gasteiger partial charge in [-0.3, -0.25) is 4.79 Å². The predicted octanol–water partition coefficient (Wildman–Crippen LogP) is 0.603. The van der Waals surface area contributed by atoms with Crippen LogP contribution in [0.3, 0.4) is 0 Å². The fraction of sp³-hybridized carbons (Fsp3) is 0.857. The minimum atomic E-state index is -1.02. The predicted molar refractivity (Wildman–Crippen MR) is 79.4 cm³/mol. The van der Waals surface area contributed by atoms with Gasteiger partial charge < -0.3 is 25.0 Å². The molecule has 1 saturated carbocycles. The van der Waals surface area contributed by atoms with E-state index in [9.17, 15) is 9.59 Å². The number of nitrogens with one attached hydrogen (secondary N) is 1. The second-order valence-corrected chi connectivity index (χ2v) is 5.46. The minimum absolute atomic E-state index is 0.271. The molecule has 0 aromatic rings. The Morgan fingerprint density at radius 3 is 2.52 bits per heavy atom.